The van der Waals surface area contributed by atoms with E-state index in [0.29, 0.717) is 16.7 Å². The van der Waals surface area contributed by atoms with Gasteiger partial charge < -0.3 is 4.74 Å². The van der Waals surface area contributed by atoms with Crippen LogP contribution < -0.4 is 0 Å². The highest BCUT2D eigenvalue weighted by Gasteiger charge is 2.33. The first kappa shape index (κ1) is 17.6. The molecule has 0 spiro atoms. The van der Waals surface area contributed by atoms with Crippen LogP contribution in [-0.2, 0) is 4.74 Å². The summed E-state index contributed by atoms with van der Waals surface area (Å²) in [7, 11) is 0. The van der Waals surface area contributed by atoms with E-state index in [1.165, 1.54) is 10.8 Å². The van der Waals surface area contributed by atoms with Crippen molar-refractivity contribution < 1.29 is 19.1 Å². The van der Waals surface area contributed by atoms with E-state index in [1.807, 2.05) is 30.3 Å². The maximum absolute atomic E-state index is 12.7. The summed E-state index contributed by atoms with van der Waals surface area (Å²) < 4.78 is 6.61. The van der Waals surface area contributed by atoms with Crippen LogP contribution in [0, 0.1) is 0 Å². The standard InChI is InChI=1S/C22H16N2O4/c1-2-28-22(27)19-14(13-24(23-19)15-8-4-3-5-9-15)12-18-20(25)16-10-6-7-11-17(16)21(18)26/h3-13H,2H2,1H3. The topological polar surface area (TPSA) is 78.3 Å². The normalized spacial score (nSPS) is 12.8. The van der Waals surface area contributed by atoms with Crippen LogP contribution in [0.3, 0.4) is 0 Å². The van der Waals surface area contributed by atoms with Gasteiger partial charge in [-0.3, -0.25) is 9.59 Å². The number of ether oxygens (including phenoxy) is 1. The second-order valence-corrected chi connectivity index (χ2v) is 6.20. The minimum absolute atomic E-state index is 0.0133. The van der Waals surface area contributed by atoms with Crippen LogP contribution in [0.4, 0.5) is 0 Å². The molecule has 0 saturated carbocycles. The lowest BCUT2D eigenvalue weighted by Crippen LogP contribution is -2.08. The number of rotatable bonds is 4. The Morgan fingerprint density at radius 2 is 1.61 bits per heavy atom. The molecule has 0 unspecified atom stereocenters. The lowest BCUT2D eigenvalue weighted by atomic mass is 10.1. The van der Waals surface area contributed by atoms with Gasteiger partial charge in [-0.1, -0.05) is 42.5 Å². The highest BCUT2D eigenvalue weighted by Crippen LogP contribution is 2.28. The van der Waals surface area contributed by atoms with Crippen LogP contribution in [0.5, 0.6) is 0 Å². The second-order valence-electron chi connectivity index (χ2n) is 6.20. The molecule has 1 aromatic heterocycles. The zero-order chi connectivity index (χ0) is 19.7. The molecule has 1 aliphatic carbocycles. The van der Waals surface area contributed by atoms with Crippen molar-refractivity contribution in [1.29, 1.82) is 0 Å². The molecule has 0 N–H and O–H groups in total. The SMILES string of the molecule is CCOC(=O)c1nn(-c2ccccc2)cc1C=C1C(=O)c2ccccc2C1=O. The number of para-hydroxylation sites is 1. The molecule has 28 heavy (non-hydrogen) atoms. The number of hydrogen-bond acceptors (Lipinski definition) is 5. The van der Waals surface area contributed by atoms with Crippen molar-refractivity contribution in [3.8, 4) is 5.69 Å². The van der Waals surface area contributed by atoms with Crippen molar-refractivity contribution in [3.63, 3.8) is 0 Å². The molecule has 6 heteroatoms. The van der Waals surface area contributed by atoms with E-state index >= 15 is 0 Å². The van der Waals surface area contributed by atoms with Crippen LogP contribution in [0.1, 0.15) is 43.7 Å². The third-order valence-corrected chi connectivity index (χ3v) is 4.44. The van der Waals surface area contributed by atoms with Gasteiger partial charge in [0.15, 0.2) is 17.3 Å². The summed E-state index contributed by atoms with van der Waals surface area (Å²) in [5.74, 6) is -1.33. The minimum atomic E-state index is -0.612. The number of aromatic nitrogens is 2. The second kappa shape index (κ2) is 7.08. The number of allylic oxidation sites excluding steroid dienone is 1. The Labute approximate surface area is 161 Å². The number of ketones is 2. The van der Waals surface area contributed by atoms with Crippen LogP contribution in [0.2, 0.25) is 0 Å². The molecule has 1 heterocycles. The Bertz CT molecular complexity index is 1090. The molecule has 3 aromatic rings. The van der Waals surface area contributed by atoms with Gasteiger partial charge in [-0.25, -0.2) is 9.48 Å². The molecule has 0 fully saturated rings. The first-order valence-corrected chi connectivity index (χ1v) is 8.82. The van der Waals surface area contributed by atoms with Gasteiger partial charge in [0.2, 0.25) is 0 Å². The summed E-state index contributed by atoms with van der Waals surface area (Å²) in [5, 5.41) is 4.32. The van der Waals surface area contributed by atoms with Crippen molar-refractivity contribution in [2.75, 3.05) is 6.61 Å². The fourth-order valence-corrected chi connectivity index (χ4v) is 3.12. The van der Waals surface area contributed by atoms with Crippen molar-refractivity contribution >= 4 is 23.6 Å². The summed E-state index contributed by atoms with van der Waals surface area (Å²) in [4.78, 5) is 37.7. The molecule has 2 aromatic carbocycles. The summed E-state index contributed by atoms with van der Waals surface area (Å²) in [6.45, 7) is 1.89. The van der Waals surface area contributed by atoms with Gasteiger partial charge >= 0.3 is 5.97 Å². The molecule has 138 valence electrons. The number of Topliss-reactive ketones (excluding diaryl/α,β-unsaturated/α-hetero) is 2. The van der Waals surface area contributed by atoms with Gasteiger partial charge in [-0.2, -0.15) is 5.10 Å². The van der Waals surface area contributed by atoms with Gasteiger partial charge in [0, 0.05) is 22.9 Å². The predicted octanol–water partition coefficient (Wildman–Crippen LogP) is 3.51. The van der Waals surface area contributed by atoms with Gasteiger partial charge in [-0.15, -0.1) is 0 Å². The van der Waals surface area contributed by atoms with Crippen LogP contribution in [-0.4, -0.2) is 33.9 Å². The molecule has 1 aliphatic rings. The summed E-state index contributed by atoms with van der Waals surface area (Å²) >= 11 is 0. The number of fused-ring (bicyclic) bond motifs is 1. The number of carbonyl (C=O) groups is 3. The zero-order valence-corrected chi connectivity index (χ0v) is 15.1. The van der Waals surface area contributed by atoms with E-state index in [1.54, 1.807) is 37.4 Å². The first-order chi connectivity index (χ1) is 13.6. The number of hydrogen-bond donors (Lipinski definition) is 0. The maximum atomic E-state index is 12.7. The molecule has 0 radical (unpaired) electrons. The Balaban J connectivity index is 1.82. The lowest BCUT2D eigenvalue weighted by molar-refractivity contribution is 0.0518. The molecule has 0 bridgehead atoms. The monoisotopic (exact) mass is 372 g/mol. The summed E-state index contributed by atoms with van der Waals surface area (Å²) in [6.07, 6.45) is 3.03. The van der Waals surface area contributed by atoms with Crippen molar-refractivity contribution in [2.45, 2.75) is 6.92 Å². The fraction of sp³-hybridized carbons (Fsp3) is 0.0909. The Kier molecular flexibility index (Phi) is 4.45. The smallest absolute Gasteiger partial charge is 0.359 e. The molecule has 0 amide bonds. The Hall–Kier alpha value is -3.80. The number of benzene rings is 2. The Morgan fingerprint density at radius 3 is 2.21 bits per heavy atom. The Morgan fingerprint density at radius 1 is 1.00 bits per heavy atom. The van der Waals surface area contributed by atoms with Crippen LogP contribution in [0.15, 0.2) is 66.4 Å². The highest BCUT2D eigenvalue weighted by molar-refractivity contribution is 6.41. The van der Waals surface area contributed by atoms with Crippen LogP contribution in [0.25, 0.3) is 11.8 Å². The number of esters is 1. The number of carbonyl (C=O) groups excluding carboxylic acids is 3. The van der Waals surface area contributed by atoms with E-state index in [4.69, 9.17) is 4.74 Å². The average molecular weight is 372 g/mol. The third-order valence-electron chi connectivity index (χ3n) is 4.44. The van der Waals surface area contributed by atoms with Crippen molar-refractivity contribution in [2.24, 2.45) is 0 Å². The van der Waals surface area contributed by atoms with E-state index < -0.39 is 5.97 Å². The van der Waals surface area contributed by atoms with Crippen LogP contribution >= 0.6 is 0 Å². The largest absolute Gasteiger partial charge is 0.461 e. The summed E-state index contributed by atoms with van der Waals surface area (Å²) in [5.41, 5.74) is 1.89. The van der Waals surface area contributed by atoms with E-state index in [2.05, 4.69) is 5.10 Å². The average Bonchev–Trinajstić information content (AvgIpc) is 3.25. The lowest BCUT2D eigenvalue weighted by Gasteiger charge is -2.00. The van der Waals surface area contributed by atoms with Gasteiger partial charge in [0.05, 0.1) is 17.9 Å². The predicted molar refractivity (Wildman–Crippen MR) is 103 cm³/mol. The first-order valence-electron chi connectivity index (χ1n) is 8.82. The fourth-order valence-electron chi connectivity index (χ4n) is 3.12. The minimum Gasteiger partial charge on any atom is -0.461 e. The third kappa shape index (κ3) is 2.95. The molecule has 0 aliphatic heterocycles. The van der Waals surface area contributed by atoms with E-state index in [-0.39, 0.29) is 29.4 Å². The molecule has 4 rings (SSSR count). The molecule has 6 nitrogen and oxygen atoms in total. The molecular weight excluding hydrogens is 356 g/mol. The highest BCUT2D eigenvalue weighted by atomic mass is 16.5. The van der Waals surface area contributed by atoms with Gasteiger partial charge in [0.1, 0.15) is 0 Å². The van der Waals surface area contributed by atoms with Gasteiger partial charge in [-0.05, 0) is 25.1 Å². The molecule has 0 atom stereocenters. The zero-order valence-electron chi connectivity index (χ0n) is 15.1. The molecule has 0 saturated heterocycles. The quantitative estimate of drug-likeness (QED) is 0.398. The van der Waals surface area contributed by atoms with Crippen molar-refractivity contribution in [3.05, 3.63) is 88.8 Å². The van der Waals surface area contributed by atoms with Gasteiger partial charge in [0.25, 0.3) is 0 Å². The van der Waals surface area contributed by atoms with Crippen molar-refractivity contribution in [1.82, 2.24) is 9.78 Å². The summed E-state index contributed by atoms with van der Waals surface area (Å²) in [6, 6.07) is 15.9. The number of nitrogens with zero attached hydrogens (tertiary/aromatic N) is 2. The molecular formula is C22H16N2O4. The van der Waals surface area contributed by atoms with E-state index in [0.717, 1.165) is 5.69 Å². The van der Waals surface area contributed by atoms with E-state index in [9.17, 15) is 14.4 Å². The maximum Gasteiger partial charge on any atom is 0.359 e.